The largest absolute Gasteiger partial charge is 0.206 e. The SMILES string of the molecule is N#CC(=Cc1ccc(C#N)cc1)c1ccccc1F. The van der Waals surface area contributed by atoms with E-state index in [1.165, 1.54) is 6.07 Å². The number of nitrogens with zero attached hydrogens (tertiary/aromatic N) is 2. The highest BCUT2D eigenvalue weighted by Crippen LogP contribution is 2.20. The Kier molecular flexibility index (Phi) is 3.71. The van der Waals surface area contributed by atoms with Crippen LogP contribution in [0, 0.1) is 28.5 Å². The first-order valence-corrected chi connectivity index (χ1v) is 5.61. The lowest BCUT2D eigenvalue weighted by molar-refractivity contribution is 0.624. The summed E-state index contributed by atoms with van der Waals surface area (Å²) in [5, 5.41) is 17.8. The molecule has 19 heavy (non-hydrogen) atoms. The Balaban J connectivity index is 2.42. The molecule has 0 aliphatic carbocycles. The van der Waals surface area contributed by atoms with Gasteiger partial charge in [-0.15, -0.1) is 0 Å². The number of hydrogen-bond acceptors (Lipinski definition) is 2. The number of hydrogen-bond donors (Lipinski definition) is 0. The second-order valence-electron chi connectivity index (χ2n) is 3.88. The zero-order valence-corrected chi connectivity index (χ0v) is 9.97. The third-order valence-electron chi connectivity index (χ3n) is 2.64. The lowest BCUT2D eigenvalue weighted by Gasteiger charge is -2.01. The molecule has 0 saturated heterocycles. The summed E-state index contributed by atoms with van der Waals surface area (Å²) in [6.07, 6.45) is 1.60. The molecule has 0 aliphatic heterocycles. The van der Waals surface area contributed by atoms with E-state index in [0.29, 0.717) is 5.56 Å². The summed E-state index contributed by atoms with van der Waals surface area (Å²) in [6.45, 7) is 0. The van der Waals surface area contributed by atoms with E-state index in [9.17, 15) is 4.39 Å². The van der Waals surface area contributed by atoms with Crippen LogP contribution in [0.15, 0.2) is 48.5 Å². The summed E-state index contributed by atoms with van der Waals surface area (Å²) < 4.78 is 13.6. The van der Waals surface area contributed by atoms with Gasteiger partial charge in [-0.3, -0.25) is 0 Å². The average molecular weight is 248 g/mol. The van der Waals surface area contributed by atoms with Crippen LogP contribution in [0.1, 0.15) is 16.7 Å². The quantitative estimate of drug-likeness (QED) is 0.600. The van der Waals surface area contributed by atoms with Crippen LogP contribution < -0.4 is 0 Å². The highest BCUT2D eigenvalue weighted by atomic mass is 19.1. The van der Waals surface area contributed by atoms with E-state index in [2.05, 4.69) is 0 Å². The molecule has 0 aromatic heterocycles. The van der Waals surface area contributed by atoms with Crippen molar-refractivity contribution < 1.29 is 4.39 Å². The lowest BCUT2D eigenvalue weighted by Crippen LogP contribution is -1.87. The van der Waals surface area contributed by atoms with Crippen molar-refractivity contribution in [3.63, 3.8) is 0 Å². The number of allylic oxidation sites excluding steroid dienone is 1. The van der Waals surface area contributed by atoms with Crippen LogP contribution in [0.25, 0.3) is 11.6 Å². The normalized spacial score (nSPS) is 10.6. The van der Waals surface area contributed by atoms with Crippen molar-refractivity contribution in [1.29, 1.82) is 10.5 Å². The second kappa shape index (κ2) is 5.62. The first-order chi connectivity index (χ1) is 9.24. The topological polar surface area (TPSA) is 47.6 Å². The Bertz CT molecular complexity index is 701. The molecule has 90 valence electrons. The summed E-state index contributed by atoms with van der Waals surface area (Å²) in [7, 11) is 0. The zero-order valence-electron chi connectivity index (χ0n) is 9.97. The van der Waals surface area contributed by atoms with Crippen molar-refractivity contribution in [3.8, 4) is 12.1 Å². The van der Waals surface area contributed by atoms with Crippen molar-refractivity contribution in [3.05, 3.63) is 71.0 Å². The minimum absolute atomic E-state index is 0.253. The number of rotatable bonds is 2. The summed E-state index contributed by atoms with van der Waals surface area (Å²) >= 11 is 0. The molecule has 3 heteroatoms. The molecule has 0 spiro atoms. The maximum absolute atomic E-state index is 13.6. The first-order valence-electron chi connectivity index (χ1n) is 5.61. The fourth-order valence-corrected chi connectivity index (χ4v) is 1.67. The van der Waals surface area contributed by atoms with E-state index in [1.807, 2.05) is 12.1 Å². The van der Waals surface area contributed by atoms with Gasteiger partial charge in [0.15, 0.2) is 0 Å². The Morgan fingerprint density at radius 1 is 1.00 bits per heavy atom. The summed E-state index contributed by atoms with van der Waals surface area (Å²) in [6, 6.07) is 16.9. The molecule has 0 heterocycles. The minimum atomic E-state index is -0.427. The van der Waals surface area contributed by atoms with Crippen LogP contribution >= 0.6 is 0 Å². The van der Waals surface area contributed by atoms with Crippen molar-refractivity contribution in [2.24, 2.45) is 0 Å². The van der Waals surface area contributed by atoms with Gasteiger partial charge in [-0.25, -0.2) is 4.39 Å². The molecule has 2 nitrogen and oxygen atoms in total. The fourth-order valence-electron chi connectivity index (χ4n) is 1.67. The molecule has 0 saturated carbocycles. The van der Waals surface area contributed by atoms with Gasteiger partial charge in [-0.1, -0.05) is 30.3 Å². The van der Waals surface area contributed by atoms with Crippen LogP contribution in [0.3, 0.4) is 0 Å². The monoisotopic (exact) mass is 248 g/mol. The number of nitriles is 2. The summed E-state index contributed by atoms with van der Waals surface area (Å²) in [5.41, 5.74) is 1.82. The average Bonchev–Trinajstić information content (AvgIpc) is 2.46. The summed E-state index contributed by atoms with van der Waals surface area (Å²) in [4.78, 5) is 0. The van der Waals surface area contributed by atoms with Gasteiger partial charge in [0, 0.05) is 5.56 Å². The van der Waals surface area contributed by atoms with Crippen molar-refractivity contribution in [2.75, 3.05) is 0 Å². The minimum Gasteiger partial charge on any atom is -0.206 e. The molecule has 2 rings (SSSR count). The predicted octanol–water partition coefficient (Wildman–Crippen LogP) is 3.76. The smallest absolute Gasteiger partial charge is 0.131 e. The van der Waals surface area contributed by atoms with E-state index in [1.54, 1.807) is 48.5 Å². The van der Waals surface area contributed by atoms with Gasteiger partial charge in [0.1, 0.15) is 5.82 Å². The standard InChI is InChI=1S/C16H9FN2/c17-16-4-2-1-3-15(16)14(11-19)9-12-5-7-13(10-18)8-6-12/h1-9H. The van der Waals surface area contributed by atoms with Gasteiger partial charge in [-0.05, 0) is 29.8 Å². The summed E-state index contributed by atoms with van der Waals surface area (Å²) in [5.74, 6) is -0.427. The molecule has 0 amide bonds. The van der Waals surface area contributed by atoms with Crippen molar-refractivity contribution in [1.82, 2.24) is 0 Å². The van der Waals surface area contributed by atoms with E-state index < -0.39 is 5.82 Å². The first kappa shape index (κ1) is 12.5. The van der Waals surface area contributed by atoms with Crippen LogP contribution in [-0.4, -0.2) is 0 Å². The molecule has 0 atom stereocenters. The van der Waals surface area contributed by atoms with Crippen LogP contribution in [-0.2, 0) is 0 Å². The maximum atomic E-state index is 13.6. The number of benzene rings is 2. The Morgan fingerprint density at radius 3 is 2.26 bits per heavy atom. The molecule has 0 unspecified atom stereocenters. The third-order valence-corrected chi connectivity index (χ3v) is 2.64. The third kappa shape index (κ3) is 2.86. The van der Waals surface area contributed by atoms with E-state index >= 15 is 0 Å². The number of halogens is 1. The molecule has 0 radical (unpaired) electrons. The van der Waals surface area contributed by atoms with Gasteiger partial charge in [0.25, 0.3) is 0 Å². The van der Waals surface area contributed by atoms with Crippen molar-refractivity contribution in [2.45, 2.75) is 0 Å². The van der Waals surface area contributed by atoms with E-state index in [0.717, 1.165) is 5.56 Å². The maximum Gasteiger partial charge on any atom is 0.131 e. The van der Waals surface area contributed by atoms with Crippen LogP contribution in [0.5, 0.6) is 0 Å². The Morgan fingerprint density at radius 2 is 1.68 bits per heavy atom. The van der Waals surface area contributed by atoms with Crippen LogP contribution in [0.4, 0.5) is 4.39 Å². The molecule has 2 aromatic rings. The molecule has 0 aliphatic rings. The van der Waals surface area contributed by atoms with E-state index in [4.69, 9.17) is 10.5 Å². The van der Waals surface area contributed by atoms with E-state index in [-0.39, 0.29) is 11.1 Å². The predicted molar refractivity (Wildman–Crippen MR) is 71.0 cm³/mol. The molecule has 2 aromatic carbocycles. The lowest BCUT2D eigenvalue weighted by atomic mass is 10.0. The Labute approximate surface area is 110 Å². The fraction of sp³-hybridized carbons (Fsp3) is 0. The Hall–Kier alpha value is -2.91. The van der Waals surface area contributed by atoms with Gasteiger partial charge >= 0.3 is 0 Å². The second-order valence-corrected chi connectivity index (χ2v) is 3.88. The molecule has 0 bridgehead atoms. The van der Waals surface area contributed by atoms with Gasteiger partial charge in [-0.2, -0.15) is 10.5 Å². The highest BCUT2D eigenvalue weighted by Gasteiger charge is 2.06. The molecular weight excluding hydrogens is 239 g/mol. The van der Waals surface area contributed by atoms with Gasteiger partial charge in [0.05, 0.1) is 23.3 Å². The molecule has 0 fully saturated rings. The van der Waals surface area contributed by atoms with Crippen molar-refractivity contribution >= 4 is 11.6 Å². The zero-order chi connectivity index (χ0) is 13.7. The molecular formula is C16H9FN2. The highest BCUT2D eigenvalue weighted by molar-refractivity contribution is 5.89. The van der Waals surface area contributed by atoms with Crippen LogP contribution in [0.2, 0.25) is 0 Å². The van der Waals surface area contributed by atoms with Gasteiger partial charge < -0.3 is 0 Å². The molecule has 0 N–H and O–H groups in total. The van der Waals surface area contributed by atoms with Gasteiger partial charge in [0.2, 0.25) is 0 Å².